The zero-order valence-corrected chi connectivity index (χ0v) is 18.7. The number of carbonyl (C=O) groups excluding carboxylic acids is 2. The topological polar surface area (TPSA) is 99.2 Å². The first-order valence-corrected chi connectivity index (χ1v) is 11.1. The third-order valence-electron chi connectivity index (χ3n) is 5.05. The Morgan fingerprint density at radius 1 is 1.29 bits per heavy atom. The van der Waals surface area contributed by atoms with Gasteiger partial charge in [0.25, 0.3) is 0 Å². The van der Waals surface area contributed by atoms with Crippen LogP contribution in [0.4, 0.5) is 10.5 Å². The smallest absolute Gasteiger partial charge is 0.348 e. The molecule has 0 radical (unpaired) electrons. The minimum atomic E-state index is -1.07. The van der Waals surface area contributed by atoms with E-state index in [9.17, 15) is 19.5 Å². The Hall–Kier alpha value is -3.07. The molecule has 3 amide bonds. The van der Waals surface area contributed by atoms with Crippen LogP contribution in [-0.2, 0) is 17.9 Å². The molecule has 0 unspecified atom stereocenters. The van der Waals surface area contributed by atoms with Crippen molar-refractivity contribution in [1.82, 2.24) is 9.80 Å². The van der Waals surface area contributed by atoms with E-state index in [2.05, 4.69) is 5.32 Å². The van der Waals surface area contributed by atoms with Crippen LogP contribution >= 0.6 is 11.3 Å². The van der Waals surface area contributed by atoms with Gasteiger partial charge in [-0.25, -0.2) is 9.59 Å². The van der Waals surface area contributed by atoms with E-state index in [0.29, 0.717) is 38.5 Å². The van der Waals surface area contributed by atoms with Crippen LogP contribution in [0, 0.1) is 5.92 Å². The highest BCUT2D eigenvalue weighted by Crippen LogP contribution is 2.27. The standard InChI is InChI=1S/C22H27N3O5S/c1-4-24(20(26)14(2)3)12-15-5-6-18-16(11-15)13-25(8-9-30-18)22(29)23-17-7-10-31-19(17)21(27)28/h5-7,10-11,14H,4,8-9,12-13H2,1-3H3,(H,23,29)(H,27,28). The van der Waals surface area contributed by atoms with Crippen LogP contribution in [0.1, 0.15) is 41.6 Å². The number of benzene rings is 1. The SMILES string of the molecule is CCN(Cc1ccc2c(c1)CN(C(=O)Nc1ccsc1C(=O)O)CCO2)C(=O)C(C)C. The third-order valence-corrected chi connectivity index (χ3v) is 5.96. The van der Waals surface area contributed by atoms with Crippen molar-refractivity contribution in [1.29, 1.82) is 0 Å². The van der Waals surface area contributed by atoms with Gasteiger partial charge in [0.15, 0.2) is 0 Å². The van der Waals surface area contributed by atoms with E-state index in [1.54, 1.807) is 21.2 Å². The molecule has 31 heavy (non-hydrogen) atoms. The molecule has 2 aromatic rings. The number of urea groups is 1. The molecule has 0 spiro atoms. The maximum Gasteiger partial charge on any atom is 0.348 e. The number of thiophene rings is 1. The third kappa shape index (κ3) is 5.35. The first-order valence-electron chi connectivity index (χ1n) is 10.2. The van der Waals surface area contributed by atoms with Gasteiger partial charge < -0.3 is 25.0 Å². The maximum absolute atomic E-state index is 12.8. The predicted octanol–water partition coefficient (Wildman–Crippen LogP) is 3.88. The van der Waals surface area contributed by atoms with E-state index in [1.807, 2.05) is 39.0 Å². The number of rotatable bonds is 6. The van der Waals surface area contributed by atoms with Crippen LogP contribution in [0.3, 0.4) is 0 Å². The summed E-state index contributed by atoms with van der Waals surface area (Å²) in [4.78, 5) is 40.0. The second-order valence-corrected chi connectivity index (χ2v) is 8.53. The van der Waals surface area contributed by atoms with Gasteiger partial charge in [-0.1, -0.05) is 19.9 Å². The molecule has 2 heterocycles. The summed E-state index contributed by atoms with van der Waals surface area (Å²) in [6, 6.07) is 6.98. The Morgan fingerprint density at radius 2 is 2.06 bits per heavy atom. The number of nitrogens with zero attached hydrogens (tertiary/aromatic N) is 2. The number of aromatic carboxylic acids is 1. The summed E-state index contributed by atoms with van der Waals surface area (Å²) in [5, 5.41) is 13.6. The summed E-state index contributed by atoms with van der Waals surface area (Å²) in [7, 11) is 0. The van der Waals surface area contributed by atoms with Gasteiger partial charge in [-0.05, 0) is 36.1 Å². The fourth-order valence-electron chi connectivity index (χ4n) is 3.42. The van der Waals surface area contributed by atoms with Gasteiger partial charge in [0.2, 0.25) is 5.91 Å². The first-order chi connectivity index (χ1) is 14.8. The van der Waals surface area contributed by atoms with Crippen molar-refractivity contribution in [3.63, 3.8) is 0 Å². The van der Waals surface area contributed by atoms with Crippen LogP contribution < -0.4 is 10.1 Å². The number of carboxylic acid groups (broad SMARTS) is 1. The Balaban J connectivity index is 1.75. The number of carbonyl (C=O) groups is 3. The number of ether oxygens (including phenoxy) is 1. The zero-order valence-electron chi connectivity index (χ0n) is 17.9. The van der Waals surface area contributed by atoms with E-state index < -0.39 is 5.97 Å². The summed E-state index contributed by atoms with van der Waals surface area (Å²) in [6.07, 6.45) is 0. The quantitative estimate of drug-likeness (QED) is 0.703. The molecule has 0 fully saturated rings. The lowest BCUT2D eigenvalue weighted by atomic mass is 10.1. The van der Waals surface area contributed by atoms with Crippen LogP contribution in [-0.4, -0.2) is 52.5 Å². The second kappa shape index (κ2) is 9.82. The van der Waals surface area contributed by atoms with Gasteiger partial charge in [0, 0.05) is 24.6 Å². The molecule has 1 aliphatic heterocycles. The lowest BCUT2D eigenvalue weighted by Crippen LogP contribution is -2.36. The van der Waals surface area contributed by atoms with Crippen molar-refractivity contribution in [2.24, 2.45) is 5.92 Å². The maximum atomic E-state index is 12.8. The highest BCUT2D eigenvalue weighted by Gasteiger charge is 2.23. The minimum Gasteiger partial charge on any atom is -0.491 e. The van der Waals surface area contributed by atoms with E-state index in [0.717, 1.165) is 22.5 Å². The number of amides is 3. The van der Waals surface area contributed by atoms with Gasteiger partial charge in [0.05, 0.1) is 18.8 Å². The molecule has 9 heteroatoms. The predicted molar refractivity (Wildman–Crippen MR) is 119 cm³/mol. The molecule has 0 bridgehead atoms. The fourth-order valence-corrected chi connectivity index (χ4v) is 4.11. The summed E-state index contributed by atoms with van der Waals surface area (Å²) in [5.41, 5.74) is 2.10. The largest absolute Gasteiger partial charge is 0.491 e. The molecule has 1 aliphatic rings. The normalized spacial score (nSPS) is 13.2. The zero-order chi connectivity index (χ0) is 22.5. The molecule has 0 saturated heterocycles. The molecular weight excluding hydrogens is 418 g/mol. The van der Waals surface area contributed by atoms with Crippen molar-refractivity contribution in [2.75, 3.05) is 25.0 Å². The van der Waals surface area contributed by atoms with Crippen molar-refractivity contribution in [2.45, 2.75) is 33.9 Å². The second-order valence-electron chi connectivity index (χ2n) is 7.62. The van der Waals surface area contributed by atoms with Crippen LogP contribution in [0.25, 0.3) is 0 Å². The average Bonchev–Trinajstić information content (AvgIpc) is 3.09. The van der Waals surface area contributed by atoms with Crippen molar-refractivity contribution in [3.05, 3.63) is 45.6 Å². The minimum absolute atomic E-state index is 0.0731. The Kier molecular flexibility index (Phi) is 7.17. The number of anilines is 1. The molecule has 8 nitrogen and oxygen atoms in total. The summed E-state index contributed by atoms with van der Waals surface area (Å²) in [5.74, 6) is -0.342. The highest BCUT2D eigenvalue weighted by atomic mass is 32.1. The molecular formula is C22H27N3O5S. The summed E-state index contributed by atoms with van der Waals surface area (Å²) in [6.45, 7) is 7.86. The van der Waals surface area contributed by atoms with Crippen molar-refractivity contribution >= 4 is 34.9 Å². The number of hydrogen-bond acceptors (Lipinski definition) is 5. The van der Waals surface area contributed by atoms with Crippen molar-refractivity contribution < 1.29 is 24.2 Å². The Morgan fingerprint density at radius 3 is 2.74 bits per heavy atom. The Bertz CT molecular complexity index is 972. The highest BCUT2D eigenvalue weighted by molar-refractivity contribution is 7.12. The van der Waals surface area contributed by atoms with Gasteiger partial charge in [-0.3, -0.25) is 4.79 Å². The van der Waals surface area contributed by atoms with Gasteiger partial charge in [-0.2, -0.15) is 0 Å². The molecule has 0 atom stereocenters. The van der Waals surface area contributed by atoms with E-state index >= 15 is 0 Å². The van der Waals surface area contributed by atoms with Crippen LogP contribution in [0.2, 0.25) is 0 Å². The number of hydrogen-bond donors (Lipinski definition) is 2. The fraction of sp³-hybridized carbons (Fsp3) is 0.409. The molecule has 2 N–H and O–H groups in total. The molecule has 166 valence electrons. The van der Waals surface area contributed by atoms with Gasteiger partial charge >= 0.3 is 12.0 Å². The Labute approximate surface area is 185 Å². The molecule has 1 aromatic heterocycles. The average molecular weight is 446 g/mol. The molecule has 0 aliphatic carbocycles. The summed E-state index contributed by atoms with van der Waals surface area (Å²) < 4.78 is 5.80. The van der Waals surface area contributed by atoms with Gasteiger partial charge in [0.1, 0.15) is 17.2 Å². The lowest BCUT2D eigenvalue weighted by molar-refractivity contribution is -0.134. The molecule has 0 saturated carbocycles. The number of fused-ring (bicyclic) bond motifs is 1. The number of nitrogens with one attached hydrogen (secondary N) is 1. The summed E-state index contributed by atoms with van der Waals surface area (Å²) >= 11 is 1.06. The van der Waals surface area contributed by atoms with E-state index in [4.69, 9.17) is 4.74 Å². The first kappa shape index (κ1) is 22.6. The molecule has 3 rings (SSSR count). The van der Waals surface area contributed by atoms with E-state index in [1.165, 1.54) is 0 Å². The van der Waals surface area contributed by atoms with Gasteiger partial charge in [-0.15, -0.1) is 11.3 Å². The van der Waals surface area contributed by atoms with Crippen molar-refractivity contribution in [3.8, 4) is 5.75 Å². The lowest BCUT2D eigenvalue weighted by Gasteiger charge is -2.24. The van der Waals surface area contributed by atoms with Crippen LogP contribution in [0.5, 0.6) is 5.75 Å². The van der Waals surface area contributed by atoms with Crippen LogP contribution in [0.15, 0.2) is 29.6 Å². The van der Waals surface area contributed by atoms with E-state index in [-0.39, 0.29) is 28.4 Å². The number of carboxylic acids is 1. The molecule has 1 aromatic carbocycles. The monoisotopic (exact) mass is 445 g/mol.